The van der Waals surface area contributed by atoms with Gasteiger partial charge in [0.05, 0.1) is 33.5 Å². The third-order valence-electron chi connectivity index (χ3n) is 14.1. The van der Waals surface area contributed by atoms with Crippen molar-refractivity contribution in [3.8, 4) is 34.7 Å². The van der Waals surface area contributed by atoms with Crippen molar-refractivity contribution in [3.63, 3.8) is 0 Å². The summed E-state index contributed by atoms with van der Waals surface area (Å²) in [4.78, 5) is 23.3. The molecule has 0 radical (unpaired) electrons. The van der Waals surface area contributed by atoms with E-state index in [1.54, 1.807) is 48.5 Å². The lowest BCUT2D eigenvalue weighted by molar-refractivity contribution is 0.396. The van der Waals surface area contributed by atoms with Gasteiger partial charge in [-0.2, -0.15) is 10.5 Å². The van der Waals surface area contributed by atoms with E-state index in [9.17, 15) is 22.1 Å². The minimum Gasteiger partial charge on any atom is -0.354 e. The Bertz CT molecular complexity index is 3790. The third-order valence-corrected chi connectivity index (χ3v) is 16.9. The largest absolute Gasteiger partial charge is 0.354 e. The van der Waals surface area contributed by atoms with Crippen molar-refractivity contribution in [2.24, 2.45) is 0 Å². The van der Waals surface area contributed by atoms with Crippen molar-refractivity contribution >= 4 is 43.3 Å². The number of hydrogen-bond acceptors (Lipinski definition) is 14. The van der Waals surface area contributed by atoms with Crippen LogP contribution >= 0.6 is 0 Å². The first-order valence-corrected chi connectivity index (χ1v) is 29.6. The molecule has 4 N–H and O–H groups in total. The lowest BCUT2D eigenvalue weighted by Crippen LogP contribution is -2.17. The Balaban J connectivity index is 0.000000194. The van der Waals surface area contributed by atoms with E-state index < -0.39 is 20.0 Å². The Morgan fingerprint density at radius 2 is 1.01 bits per heavy atom. The molecule has 0 fully saturated rings. The number of nitriles is 2. The molecule has 408 valence electrons. The van der Waals surface area contributed by atoms with E-state index in [1.807, 2.05) is 73.1 Å². The number of nitrogens with zero attached hydrogens (tertiary/aromatic N) is 8. The normalized spacial score (nSPS) is 14.2. The number of benzene rings is 6. The molecule has 80 heavy (non-hydrogen) atoms. The second kappa shape index (κ2) is 25.5. The van der Waals surface area contributed by atoms with Crippen LogP contribution in [-0.4, -0.2) is 101 Å². The van der Waals surface area contributed by atoms with Gasteiger partial charge in [0.25, 0.3) is 20.0 Å². The summed E-state index contributed by atoms with van der Waals surface area (Å²) in [6.45, 7) is 3.78. The Morgan fingerprint density at radius 3 is 1.50 bits per heavy atom. The average molecular weight is 1110 g/mol. The predicted molar refractivity (Wildman–Crippen MR) is 315 cm³/mol. The topological polar surface area (TPSA) is 222 Å². The Morgan fingerprint density at radius 1 is 0.537 bits per heavy atom. The van der Waals surface area contributed by atoms with Crippen molar-refractivity contribution in [1.82, 2.24) is 29.7 Å². The summed E-state index contributed by atoms with van der Waals surface area (Å²) >= 11 is 0. The zero-order valence-electron chi connectivity index (χ0n) is 45.3. The molecule has 0 amide bonds. The summed E-state index contributed by atoms with van der Waals surface area (Å²) < 4.78 is 56.8. The number of fused-ring (bicyclic) bond motifs is 6. The van der Waals surface area contributed by atoms with E-state index >= 15 is 0 Å². The number of aromatic nitrogens is 4. The molecule has 18 heteroatoms. The minimum atomic E-state index is -3.90. The monoisotopic (exact) mass is 1100 g/mol. The summed E-state index contributed by atoms with van der Waals surface area (Å²) in [6, 6.07) is 47.6. The molecule has 8 aromatic rings. The number of nitrogens with one attached hydrogen (secondary N) is 4. The molecule has 0 saturated carbocycles. The number of rotatable bonds is 20. The van der Waals surface area contributed by atoms with E-state index in [4.69, 9.17) is 15.2 Å². The van der Waals surface area contributed by atoms with Gasteiger partial charge in [-0.3, -0.25) is 9.44 Å². The maximum Gasteiger partial charge on any atom is 0.263 e. The first-order chi connectivity index (χ1) is 38.7. The van der Waals surface area contributed by atoms with Crippen molar-refractivity contribution < 1.29 is 16.8 Å². The lowest BCUT2D eigenvalue weighted by atomic mass is 9.78. The highest BCUT2D eigenvalue weighted by atomic mass is 32.2. The van der Waals surface area contributed by atoms with Crippen LogP contribution in [0, 0.1) is 22.7 Å². The van der Waals surface area contributed by atoms with Crippen molar-refractivity contribution in [1.29, 1.82) is 10.5 Å². The highest BCUT2D eigenvalue weighted by Crippen LogP contribution is 2.44. The molecule has 0 aliphatic heterocycles. The van der Waals surface area contributed by atoms with Gasteiger partial charge in [-0.05, 0) is 168 Å². The van der Waals surface area contributed by atoms with Crippen LogP contribution in [0.5, 0.6) is 0 Å². The number of sulfonamides is 2. The fraction of sp³-hybridized carbons (Fsp3) is 0.258. The first kappa shape index (κ1) is 56.2. The average Bonchev–Trinajstić information content (AvgIpc) is 3.61. The fourth-order valence-corrected chi connectivity index (χ4v) is 12.4. The standard InChI is InChI=1S/2C31H32N6O2S/c1-37(2)18-8-7-17-33-31-34-21-24-19-28(26-10-4-5-11-27(26)30(24)35-31)22-13-15-25(16-14-22)36-40(38,39)29-12-6-3-9-23(29)20-32;1-37(2)17-6-5-16-33-31-34-21-24-19-29(27-10-3-4-11-28(27)30(24)35-31)23-12-14-25(15-13-23)36-40(38,39)26-9-7-8-22(18-26)20-32/h3-6,9-16,21,28,36H,7-8,17-19H2,1-2H3,(H,33,34,35);3-4,7-15,18,21,29,36H,5-6,16-17,19H2,1-2H3,(H,33,34,35). The smallest absolute Gasteiger partial charge is 0.263 e. The van der Waals surface area contributed by atoms with E-state index in [1.165, 1.54) is 35.4 Å². The SMILES string of the molecule is CN(C)CCCCNc1ncc2c(n1)-c1ccccc1C(c1ccc(NS(=O)(=O)c3cccc(C#N)c3)cc1)C2.CN(C)CCCCNc1ncc2c(n1)-c1ccccc1C(c1ccc(NS(=O)(=O)c3ccccc3C#N)cc1)C2. The summed E-state index contributed by atoms with van der Waals surface area (Å²) in [5.74, 6) is 1.47. The summed E-state index contributed by atoms with van der Waals surface area (Å²) in [7, 11) is 0.615. The first-order valence-electron chi connectivity index (χ1n) is 26.6. The molecule has 0 bridgehead atoms. The van der Waals surface area contributed by atoms with E-state index in [-0.39, 0.29) is 27.2 Å². The van der Waals surface area contributed by atoms with Crippen molar-refractivity contribution in [2.75, 3.05) is 74.4 Å². The maximum absolute atomic E-state index is 12.9. The summed E-state index contributed by atoms with van der Waals surface area (Å²) in [6.07, 6.45) is 9.67. The molecule has 2 aliphatic carbocycles. The van der Waals surface area contributed by atoms with Crippen molar-refractivity contribution in [3.05, 3.63) is 202 Å². The van der Waals surface area contributed by atoms with Gasteiger partial charge in [-0.15, -0.1) is 0 Å². The number of anilines is 4. The van der Waals surface area contributed by atoms with Crippen LogP contribution in [0.15, 0.2) is 168 Å². The van der Waals surface area contributed by atoms with Gasteiger partial charge < -0.3 is 20.4 Å². The molecular formula is C62H64N12O4S2. The Hall–Kier alpha value is -8.52. The van der Waals surface area contributed by atoms with E-state index in [0.29, 0.717) is 28.8 Å². The third kappa shape index (κ3) is 13.7. The lowest BCUT2D eigenvalue weighted by Gasteiger charge is -2.27. The molecule has 2 atom stereocenters. The zero-order chi connectivity index (χ0) is 56.2. The van der Waals surface area contributed by atoms with Gasteiger partial charge in [0, 0.05) is 59.8 Å². The van der Waals surface area contributed by atoms with Gasteiger partial charge in [-0.1, -0.05) is 91.0 Å². The Kier molecular flexibility index (Phi) is 17.9. The molecule has 2 heterocycles. The predicted octanol–water partition coefficient (Wildman–Crippen LogP) is 10.5. The molecular weight excluding hydrogens is 1040 g/mol. The van der Waals surface area contributed by atoms with Gasteiger partial charge in [0.15, 0.2) is 0 Å². The van der Waals surface area contributed by atoms with Crippen LogP contribution in [0.4, 0.5) is 23.3 Å². The Labute approximate surface area is 469 Å². The van der Waals surface area contributed by atoms with Crippen LogP contribution in [0.1, 0.15) is 82.0 Å². The molecule has 2 aromatic heterocycles. The van der Waals surface area contributed by atoms with Gasteiger partial charge >= 0.3 is 0 Å². The van der Waals surface area contributed by atoms with Crippen molar-refractivity contribution in [2.45, 2.75) is 60.2 Å². The van der Waals surface area contributed by atoms with Crippen LogP contribution in [-0.2, 0) is 32.9 Å². The van der Waals surface area contributed by atoms with Gasteiger partial charge in [0.2, 0.25) is 11.9 Å². The highest BCUT2D eigenvalue weighted by molar-refractivity contribution is 7.93. The maximum atomic E-state index is 12.9. The quantitative estimate of drug-likeness (QED) is 0.0522. The molecule has 2 unspecified atom stereocenters. The molecule has 16 nitrogen and oxygen atoms in total. The fourth-order valence-electron chi connectivity index (χ4n) is 10.1. The van der Waals surface area contributed by atoms with E-state index in [2.05, 4.69) is 92.3 Å². The number of unbranched alkanes of at least 4 members (excludes halogenated alkanes) is 2. The second-order valence-electron chi connectivity index (χ2n) is 20.4. The molecule has 0 spiro atoms. The second-order valence-corrected chi connectivity index (χ2v) is 23.7. The van der Waals surface area contributed by atoms with Crippen LogP contribution < -0.4 is 20.1 Å². The highest BCUT2D eigenvalue weighted by Gasteiger charge is 2.30. The van der Waals surface area contributed by atoms with Crippen LogP contribution in [0.3, 0.4) is 0 Å². The molecule has 10 rings (SSSR count). The minimum absolute atomic E-state index is 0.0400. The van der Waals surface area contributed by atoms with Crippen LogP contribution in [0.2, 0.25) is 0 Å². The zero-order valence-corrected chi connectivity index (χ0v) is 46.9. The van der Waals surface area contributed by atoms with E-state index in [0.717, 1.165) is 109 Å². The summed E-state index contributed by atoms with van der Waals surface area (Å²) in [5, 5.41) is 25.2. The molecule has 2 aliphatic rings. The van der Waals surface area contributed by atoms with Gasteiger partial charge in [0.1, 0.15) is 11.0 Å². The molecule has 6 aromatic carbocycles. The van der Waals surface area contributed by atoms with Gasteiger partial charge in [-0.25, -0.2) is 36.8 Å². The summed E-state index contributed by atoms with van der Waals surface area (Å²) in [5.41, 5.74) is 12.1. The number of hydrogen-bond donors (Lipinski definition) is 4. The molecule has 0 saturated heterocycles. The van der Waals surface area contributed by atoms with Crippen LogP contribution in [0.25, 0.3) is 22.5 Å².